The van der Waals surface area contributed by atoms with Crippen LogP contribution < -0.4 is 0 Å². The first-order chi connectivity index (χ1) is 4.81. The number of rotatable bonds is 3. The third kappa shape index (κ3) is 7.53. The van der Waals surface area contributed by atoms with Crippen molar-refractivity contribution in [1.29, 1.82) is 0 Å². The van der Waals surface area contributed by atoms with Crippen LogP contribution in [0.3, 0.4) is 0 Å². The van der Waals surface area contributed by atoms with E-state index >= 15 is 0 Å². The lowest BCUT2D eigenvalue weighted by Gasteiger charge is -2.18. The fourth-order valence-corrected chi connectivity index (χ4v) is 1.00. The first-order valence-corrected chi connectivity index (χ1v) is 3.98. The molecule has 0 bridgehead atoms. The van der Waals surface area contributed by atoms with E-state index in [9.17, 15) is 4.79 Å². The Balaban J connectivity index is 3.71. The van der Waals surface area contributed by atoms with E-state index in [0.29, 0.717) is 18.7 Å². The molecule has 2 heteroatoms. The van der Waals surface area contributed by atoms with Crippen molar-refractivity contribution in [2.24, 2.45) is 5.41 Å². The van der Waals surface area contributed by atoms with Crippen molar-refractivity contribution in [3.05, 3.63) is 0 Å². The second-order valence-corrected chi connectivity index (χ2v) is 4.51. The van der Waals surface area contributed by atoms with Gasteiger partial charge in [0.05, 0.1) is 6.54 Å². The SMILES string of the molecule is CN(C)CC(=O)CC(C)(C)C. The average molecular weight is 157 g/mol. The third-order valence-electron chi connectivity index (χ3n) is 1.22. The van der Waals surface area contributed by atoms with E-state index in [1.54, 1.807) is 0 Å². The van der Waals surface area contributed by atoms with Crippen molar-refractivity contribution in [3.63, 3.8) is 0 Å². The van der Waals surface area contributed by atoms with Gasteiger partial charge in [-0.1, -0.05) is 20.8 Å². The van der Waals surface area contributed by atoms with E-state index < -0.39 is 0 Å². The van der Waals surface area contributed by atoms with Gasteiger partial charge in [0.1, 0.15) is 5.78 Å². The van der Waals surface area contributed by atoms with Gasteiger partial charge in [-0.15, -0.1) is 0 Å². The zero-order chi connectivity index (χ0) is 9.07. The van der Waals surface area contributed by atoms with Crippen molar-refractivity contribution in [1.82, 2.24) is 4.90 Å². The van der Waals surface area contributed by atoms with Gasteiger partial charge in [-0.25, -0.2) is 0 Å². The second kappa shape index (κ2) is 3.86. The van der Waals surface area contributed by atoms with Crippen LogP contribution in [0.15, 0.2) is 0 Å². The van der Waals surface area contributed by atoms with E-state index in [4.69, 9.17) is 0 Å². The number of likely N-dealkylation sites (N-methyl/N-ethyl adjacent to an activating group) is 1. The molecule has 0 aromatic heterocycles. The van der Waals surface area contributed by atoms with E-state index in [1.807, 2.05) is 19.0 Å². The molecule has 0 aliphatic heterocycles. The monoisotopic (exact) mass is 157 g/mol. The smallest absolute Gasteiger partial charge is 0.147 e. The van der Waals surface area contributed by atoms with E-state index in [2.05, 4.69) is 20.8 Å². The quantitative estimate of drug-likeness (QED) is 0.619. The molecule has 0 aromatic rings. The van der Waals surface area contributed by atoms with Crippen LogP contribution in [0.4, 0.5) is 0 Å². The molecule has 0 radical (unpaired) electrons. The van der Waals surface area contributed by atoms with Crippen molar-refractivity contribution in [3.8, 4) is 0 Å². The molecular formula is C9H19NO. The molecule has 0 unspecified atom stereocenters. The maximum absolute atomic E-state index is 11.2. The van der Waals surface area contributed by atoms with Crippen LogP contribution in [0.5, 0.6) is 0 Å². The Bertz CT molecular complexity index is 133. The number of hydrogen-bond acceptors (Lipinski definition) is 2. The Morgan fingerprint density at radius 2 is 1.73 bits per heavy atom. The Kier molecular flexibility index (Phi) is 3.73. The summed E-state index contributed by atoms with van der Waals surface area (Å²) in [6, 6.07) is 0. The Morgan fingerprint density at radius 3 is 2.00 bits per heavy atom. The number of ketones is 1. The third-order valence-corrected chi connectivity index (χ3v) is 1.22. The molecule has 0 fully saturated rings. The van der Waals surface area contributed by atoms with Crippen LogP contribution in [-0.4, -0.2) is 31.3 Å². The molecule has 0 aliphatic carbocycles. The average Bonchev–Trinajstić information content (AvgIpc) is 1.53. The summed E-state index contributed by atoms with van der Waals surface area (Å²) in [4.78, 5) is 13.1. The van der Waals surface area contributed by atoms with Gasteiger partial charge in [-0.3, -0.25) is 4.79 Å². The number of Topliss-reactive ketones (excluding diaryl/α,β-unsaturated/α-hetero) is 1. The maximum Gasteiger partial charge on any atom is 0.147 e. The fraction of sp³-hybridized carbons (Fsp3) is 0.889. The van der Waals surface area contributed by atoms with Gasteiger partial charge in [0.25, 0.3) is 0 Å². The zero-order valence-electron chi connectivity index (χ0n) is 8.27. The molecule has 0 heterocycles. The van der Waals surface area contributed by atoms with Crippen LogP contribution in [0.1, 0.15) is 27.2 Å². The molecule has 2 nitrogen and oxygen atoms in total. The molecule has 66 valence electrons. The molecule has 0 aromatic carbocycles. The predicted molar refractivity (Wildman–Crippen MR) is 47.6 cm³/mol. The first-order valence-electron chi connectivity index (χ1n) is 3.98. The largest absolute Gasteiger partial charge is 0.302 e. The molecule has 0 saturated carbocycles. The molecule has 0 spiro atoms. The van der Waals surface area contributed by atoms with Crippen LogP contribution >= 0.6 is 0 Å². The zero-order valence-corrected chi connectivity index (χ0v) is 8.27. The van der Waals surface area contributed by atoms with Gasteiger partial charge < -0.3 is 4.90 Å². The summed E-state index contributed by atoms with van der Waals surface area (Å²) in [6.07, 6.45) is 0.672. The highest BCUT2D eigenvalue weighted by atomic mass is 16.1. The lowest BCUT2D eigenvalue weighted by Crippen LogP contribution is -2.25. The Morgan fingerprint density at radius 1 is 1.27 bits per heavy atom. The van der Waals surface area contributed by atoms with Crippen LogP contribution in [0.25, 0.3) is 0 Å². The van der Waals surface area contributed by atoms with E-state index in [-0.39, 0.29) is 5.41 Å². The molecule has 0 aliphatic rings. The molecule has 0 atom stereocenters. The number of carbonyl (C=O) groups excluding carboxylic acids is 1. The van der Waals surface area contributed by atoms with Gasteiger partial charge in [-0.2, -0.15) is 0 Å². The van der Waals surface area contributed by atoms with Gasteiger partial charge >= 0.3 is 0 Å². The summed E-state index contributed by atoms with van der Waals surface area (Å²) < 4.78 is 0. The molecule has 0 amide bonds. The number of nitrogens with zero attached hydrogens (tertiary/aromatic N) is 1. The van der Waals surface area contributed by atoms with Crippen LogP contribution in [-0.2, 0) is 4.79 Å². The summed E-state index contributed by atoms with van der Waals surface area (Å²) >= 11 is 0. The summed E-state index contributed by atoms with van der Waals surface area (Å²) in [7, 11) is 3.83. The number of carbonyl (C=O) groups is 1. The summed E-state index contributed by atoms with van der Waals surface area (Å²) in [5, 5.41) is 0. The standard InChI is InChI=1S/C9H19NO/c1-9(2,3)6-8(11)7-10(4)5/h6-7H2,1-5H3. The highest BCUT2D eigenvalue weighted by Crippen LogP contribution is 2.18. The highest BCUT2D eigenvalue weighted by molar-refractivity contribution is 5.80. The summed E-state index contributed by atoms with van der Waals surface area (Å²) in [5.41, 5.74) is 0.132. The predicted octanol–water partition coefficient (Wildman–Crippen LogP) is 1.55. The van der Waals surface area contributed by atoms with Gasteiger partial charge in [-0.05, 0) is 19.5 Å². The number of hydrogen-bond donors (Lipinski definition) is 0. The van der Waals surface area contributed by atoms with Gasteiger partial charge in [0.2, 0.25) is 0 Å². The normalized spacial score (nSPS) is 12.2. The van der Waals surface area contributed by atoms with Crippen molar-refractivity contribution >= 4 is 5.78 Å². The minimum atomic E-state index is 0.132. The second-order valence-electron chi connectivity index (χ2n) is 4.51. The minimum Gasteiger partial charge on any atom is -0.302 e. The van der Waals surface area contributed by atoms with Crippen LogP contribution in [0.2, 0.25) is 0 Å². The fourth-order valence-electron chi connectivity index (χ4n) is 1.00. The van der Waals surface area contributed by atoms with Crippen molar-refractivity contribution in [2.75, 3.05) is 20.6 Å². The van der Waals surface area contributed by atoms with Crippen molar-refractivity contribution in [2.45, 2.75) is 27.2 Å². The molecule has 0 rings (SSSR count). The highest BCUT2D eigenvalue weighted by Gasteiger charge is 2.15. The summed E-state index contributed by atoms with van der Waals surface area (Å²) in [6.45, 7) is 6.82. The topological polar surface area (TPSA) is 20.3 Å². The maximum atomic E-state index is 11.2. The van der Waals surface area contributed by atoms with Crippen molar-refractivity contribution < 1.29 is 4.79 Å². The first kappa shape index (κ1) is 10.6. The van der Waals surface area contributed by atoms with Crippen LogP contribution in [0, 0.1) is 5.41 Å². The lowest BCUT2D eigenvalue weighted by molar-refractivity contribution is -0.121. The molecule has 0 N–H and O–H groups in total. The lowest BCUT2D eigenvalue weighted by atomic mass is 9.90. The van der Waals surface area contributed by atoms with Gasteiger partial charge in [0.15, 0.2) is 0 Å². The minimum absolute atomic E-state index is 0.132. The molecular weight excluding hydrogens is 138 g/mol. The Hall–Kier alpha value is -0.370. The summed E-state index contributed by atoms with van der Waals surface area (Å²) in [5.74, 6) is 0.322. The van der Waals surface area contributed by atoms with E-state index in [0.717, 1.165) is 0 Å². The Labute approximate surface area is 69.6 Å². The van der Waals surface area contributed by atoms with E-state index in [1.165, 1.54) is 0 Å². The molecule has 0 saturated heterocycles. The van der Waals surface area contributed by atoms with Gasteiger partial charge in [0, 0.05) is 6.42 Å². The molecule has 11 heavy (non-hydrogen) atoms.